The number of furan rings is 1. The lowest BCUT2D eigenvalue weighted by atomic mass is 9.89. The first-order chi connectivity index (χ1) is 13.3. The fraction of sp³-hybridized carbons (Fsp3) is 0.400. The molecule has 1 aliphatic heterocycles. The van der Waals surface area contributed by atoms with Gasteiger partial charge in [-0.2, -0.15) is 13.2 Å². The van der Waals surface area contributed by atoms with E-state index < -0.39 is 17.7 Å². The quantitative estimate of drug-likeness (QED) is 0.713. The van der Waals surface area contributed by atoms with E-state index in [1.807, 2.05) is 0 Å². The highest BCUT2D eigenvalue weighted by Crippen LogP contribution is 2.30. The lowest BCUT2D eigenvalue weighted by Gasteiger charge is -2.31. The maximum atomic E-state index is 12.7. The van der Waals surface area contributed by atoms with Crippen molar-refractivity contribution in [3.05, 3.63) is 59.0 Å². The normalized spacial score (nSPS) is 17.6. The van der Waals surface area contributed by atoms with E-state index in [4.69, 9.17) is 9.15 Å². The van der Waals surface area contributed by atoms with Crippen molar-refractivity contribution in [1.82, 2.24) is 4.90 Å². The van der Waals surface area contributed by atoms with Crippen molar-refractivity contribution in [2.24, 2.45) is 5.92 Å². The molecule has 2 heterocycles. The number of carbonyl (C=O) groups excluding carboxylic acids is 2. The van der Waals surface area contributed by atoms with Crippen LogP contribution in [0.3, 0.4) is 0 Å². The zero-order valence-corrected chi connectivity index (χ0v) is 15.3. The standard InChI is InChI=1S/C20H20F3NO4/c1-27-12-16-8-9-17(28-16)19(26)24-10-2-3-14(11-24)18(25)13-4-6-15(7-5-13)20(21,22)23/h4-9,14H,2-3,10-12H2,1H3. The molecule has 0 spiro atoms. The van der Waals surface area contributed by atoms with E-state index in [-0.39, 0.29) is 36.2 Å². The Labute approximate surface area is 160 Å². The lowest BCUT2D eigenvalue weighted by Crippen LogP contribution is -2.42. The number of likely N-dealkylation sites (tertiary alicyclic amines) is 1. The number of benzene rings is 1. The van der Waals surface area contributed by atoms with E-state index in [2.05, 4.69) is 0 Å². The Balaban J connectivity index is 1.68. The van der Waals surface area contributed by atoms with Gasteiger partial charge in [0.15, 0.2) is 11.5 Å². The van der Waals surface area contributed by atoms with Crippen LogP contribution in [0.5, 0.6) is 0 Å². The number of halogens is 3. The summed E-state index contributed by atoms with van der Waals surface area (Å²) in [6.07, 6.45) is -3.23. The number of rotatable bonds is 5. The first kappa shape index (κ1) is 20.1. The van der Waals surface area contributed by atoms with E-state index in [1.165, 1.54) is 19.2 Å². The Morgan fingerprint density at radius 1 is 1.18 bits per heavy atom. The number of ether oxygens (including phenoxy) is 1. The number of methoxy groups -OCH3 is 1. The average Bonchev–Trinajstić information content (AvgIpc) is 3.15. The van der Waals surface area contributed by atoms with Gasteiger partial charge in [0.1, 0.15) is 12.4 Å². The van der Waals surface area contributed by atoms with Gasteiger partial charge < -0.3 is 14.1 Å². The fourth-order valence-electron chi connectivity index (χ4n) is 3.30. The Morgan fingerprint density at radius 2 is 1.89 bits per heavy atom. The molecule has 1 aromatic heterocycles. The molecular weight excluding hydrogens is 375 g/mol. The lowest BCUT2D eigenvalue weighted by molar-refractivity contribution is -0.137. The van der Waals surface area contributed by atoms with Gasteiger partial charge in [0.25, 0.3) is 5.91 Å². The highest BCUT2D eigenvalue weighted by atomic mass is 19.4. The van der Waals surface area contributed by atoms with Crippen LogP contribution < -0.4 is 0 Å². The molecule has 0 N–H and O–H groups in total. The highest BCUT2D eigenvalue weighted by Gasteiger charge is 2.32. The third-order valence-electron chi connectivity index (χ3n) is 4.74. The van der Waals surface area contributed by atoms with E-state index in [9.17, 15) is 22.8 Å². The molecule has 0 bridgehead atoms. The second kappa shape index (κ2) is 8.18. The van der Waals surface area contributed by atoms with Crippen LogP contribution in [0.25, 0.3) is 0 Å². The molecule has 1 aromatic carbocycles. The summed E-state index contributed by atoms with van der Waals surface area (Å²) in [7, 11) is 1.52. The van der Waals surface area contributed by atoms with E-state index in [1.54, 1.807) is 17.0 Å². The second-order valence-corrected chi connectivity index (χ2v) is 6.73. The minimum Gasteiger partial charge on any atom is -0.453 e. The van der Waals surface area contributed by atoms with Crippen molar-refractivity contribution in [3.8, 4) is 0 Å². The molecule has 1 atom stereocenters. The summed E-state index contributed by atoms with van der Waals surface area (Å²) < 4.78 is 48.5. The summed E-state index contributed by atoms with van der Waals surface area (Å²) in [5, 5.41) is 0. The van der Waals surface area contributed by atoms with Gasteiger partial charge in [0.2, 0.25) is 0 Å². The molecule has 0 saturated carbocycles. The van der Waals surface area contributed by atoms with Gasteiger partial charge in [-0.25, -0.2) is 0 Å². The minimum atomic E-state index is -4.44. The number of amides is 1. The summed E-state index contributed by atoms with van der Waals surface area (Å²) in [5.74, 6) is -0.323. The maximum Gasteiger partial charge on any atom is 0.416 e. The maximum absolute atomic E-state index is 12.7. The van der Waals surface area contributed by atoms with Crippen molar-refractivity contribution < 1.29 is 31.9 Å². The molecule has 150 valence electrons. The summed E-state index contributed by atoms with van der Waals surface area (Å²) in [4.78, 5) is 26.9. The van der Waals surface area contributed by atoms with Gasteiger partial charge in [0, 0.05) is 31.7 Å². The summed E-state index contributed by atoms with van der Waals surface area (Å²) in [6, 6.07) is 7.41. The van der Waals surface area contributed by atoms with Crippen molar-refractivity contribution in [3.63, 3.8) is 0 Å². The number of nitrogens with zero attached hydrogens (tertiary/aromatic N) is 1. The monoisotopic (exact) mass is 395 g/mol. The molecule has 28 heavy (non-hydrogen) atoms. The molecule has 5 nitrogen and oxygen atoms in total. The molecule has 2 aromatic rings. The third-order valence-corrected chi connectivity index (χ3v) is 4.74. The first-order valence-electron chi connectivity index (χ1n) is 8.88. The van der Waals surface area contributed by atoms with Gasteiger partial charge in [-0.1, -0.05) is 12.1 Å². The molecule has 1 aliphatic rings. The number of piperidine rings is 1. The van der Waals surface area contributed by atoms with Gasteiger partial charge in [-0.3, -0.25) is 9.59 Å². The van der Waals surface area contributed by atoms with Gasteiger partial charge in [-0.05, 0) is 37.1 Å². The number of alkyl halides is 3. The number of hydrogen-bond donors (Lipinski definition) is 0. The number of hydrogen-bond acceptors (Lipinski definition) is 4. The minimum absolute atomic E-state index is 0.176. The molecule has 1 saturated heterocycles. The number of Topliss-reactive ketones (excluding diaryl/α,β-unsaturated/α-hetero) is 1. The SMILES string of the molecule is COCc1ccc(C(=O)N2CCCC(C(=O)c3ccc(C(F)(F)F)cc3)C2)o1. The molecule has 1 unspecified atom stereocenters. The molecule has 3 rings (SSSR count). The number of ketones is 1. The zero-order chi connectivity index (χ0) is 20.3. The zero-order valence-electron chi connectivity index (χ0n) is 15.3. The average molecular weight is 395 g/mol. The van der Waals surface area contributed by atoms with Crippen molar-refractivity contribution in [1.29, 1.82) is 0 Å². The number of carbonyl (C=O) groups is 2. The van der Waals surface area contributed by atoms with E-state index >= 15 is 0 Å². The van der Waals surface area contributed by atoms with Crippen LogP contribution in [0.2, 0.25) is 0 Å². The summed E-state index contributed by atoms with van der Waals surface area (Å²) in [5.41, 5.74) is -0.582. The molecule has 8 heteroatoms. The third kappa shape index (κ3) is 4.44. The molecule has 1 fully saturated rings. The van der Waals surface area contributed by atoms with Crippen LogP contribution in [0.4, 0.5) is 13.2 Å². The smallest absolute Gasteiger partial charge is 0.416 e. The predicted octanol–water partition coefficient (Wildman–Crippen LogP) is 4.18. The molecule has 0 aliphatic carbocycles. The Morgan fingerprint density at radius 3 is 2.54 bits per heavy atom. The topological polar surface area (TPSA) is 59.8 Å². The predicted molar refractivity (Wildman–Crippen MR) is 93.8 cm³/mol. The van der Waals surface area contributed by atoms with Crippen LogP contribution in [-0.4, -0.2) is 36.8 Å². The molecular formula is C20H20F3NO4. The fourth-order valence-corrected chi connectivity index (χ4v) is 3.30. The van der Waals surface area contributed by atoms with Crippen LogP contribution in [0.15, 0.2) is 40.8 Å². The van der Waals surface area contributed by atoms with Crippen LogP contribution >= 0.6 is 0 Å². The Hall–Kier alpha value is -2.61. The Kier molecular flexibility index (Phi) is 5.88. The first-order valence-corrected chi connectivity index (χ1v) is 8.88. The molecule has 1 amide bonds. The van der Waals surface area contributed by atoms with Crippen LogP contribution in [0.1, 0.15) is 45.1 Å². The van der Waals surface area contributed by atoms with Crippen molar-refractivity contribution >= 4 is 11.7 Å². The van der Waals surface area contributed by atoms with Crippen LogP contribution in [0, 0.1) is 5.92 Å². The summed E-state index contributed by atoms with van der Waals surface area (Å²) >= 11 is 0. The second-order valence-electron chi connectivity index (χ2n) is 6.73. The van der Waals surface area contributed by atoms with Gasteiger partial charge >= 0.3 is 6.18 Å². The molecule has 0 radical (unpaired) electrons. The summed E-state index contributed by atoms with van der Waals surface area (Å²) in [6.45, 7) is 0.956. The Bertz CT molecular complexity index is 842. The highest BCUT2D eigenvalue weighted by molar-refractivity contribution is 5.99. The van der Waals surface area contributed by atoms with Gasteiger partial charge in [0.05, 0.1) is 5.56 Å². The van der Waals surface area contributed by atoms with Crippen LogP contribution in [-0.2, 0) is 17.5 Å². The largest absolute Gasteiger partial charge is 0.453 e. The van der Waals surface area contributed by atoms with E-state index in [0.717, 1.165) is 12.1 Å². The van der Waals surface area contributed by atoms with Crippen molar-refractivity contribution in [2.45, 2.75) is 25.6 Å². The van der Waals surface area contributed by atoms with E-state index in [0.29, 0.717) is 25.1 Å². The van der Waals surface area contributed by atoms with Crippen molar-refractivity contribution in [2.75, 3.05) is 20.2 Å². The van der Waals surface area contributed by atoms with Gasteiger partial charge in [-0.15, -0.1) is 0 Å².